The van der Waals surface area contributed by atoms with Gasteiger partial charge in [-0.2, -0.15) is 0 Å². The topological polar surface area (TPSA) is 158 Å². The summed E-state index contributed by atoms with van der Waals surface area (Å²) in [6.07, 6.45) is 0. The molecule has 0 atom stereocenters. The van der Waals surface area contributed by atoms with Gasteiger partial charge in [-0.05, 0) is 0 Å². The second kappa shape index (κ2) is 22.6. The van der Waals surface area contributed by atoms with Gasteiger partial charge in [-0.15, -0.1) is 0 Å². The molecule has 0 aliphatic heterocycles. The Morgan fingerprint density at radius 1 is 0.727 bits per heavy atom. The van der Waals surface area contributed by atoms with Gasteiger partial charge in [0.05, 0.1) is 0 Å². The van der Waals surface area contributed by atoms with Crippen LogP contribution in [0.1, 0.15) is 0 Å². The van der Waals surface area contributed by atoms with Crippen molar-refractivity contribution in [2.45, 2.75) is 0 Å². The molecule has 0 aliphatic carbocycles. The van der Waals surface area contributed by atoms with Gasteiger partial charge in [-0.25, -0.2) is 0 Å². The van der Waals surface area contributed by atoms with Gasteiger partial charge in [0.15, 0.2) is 0 Å². The maximum atomic E-state index is 8.52. The third-order valence-electron chi connectivity index (χ3n) is 0. The Balaban J connectivity index is -0.0000000171. The summed E-state index contributed by atoms with van der Waals surface area (Å²) < 4.78 is 17.0. The molecule has 2 N–H and O–H groups in total. The maximum Gasteiger partial charge on any atom is 2.00 e. The van der Waals surface area contributed by atoms with Gasteiger partial charge >= 0.3 is 75.5 Å². The summed E-state index contributed by atoms with van der Waals surface area (Å²) in [5.41, 5.74) is 0. The normalized spacial score (nSPS) is 4.36. The molecule has 0 rings (SSSR count). The Labute approximate surface area is 125 Å². The molecule has 0 aromatic rings. The van der Waals surface area contributed by atoms with E-state index >= 15 is 0 Å². The van der Waals surface area contributed by atoms with Crippen molar-refractivity contribution in [1.82, 2.24) is 0 Å². The van der Waals surface area contributed by atoms with Crippen molar-refractivity contribution in [3.8, 4) is 0 Å². The molecule has 11 heteroatoms. The fourth-order valence-electron chi connectivity index (χ4n) is 0. The average molecular weight is 250 g/mol. The molecule has 0 aliphatic rings. The Morgan fingerprint density at radius 3 is 0.727 bits per heavy atom. The van der Waals surface area contributed by atoms with Crippen molar-refractivity contribution in [2.75, 3.05) is 0 Å². The van der Waals surface area contributed by atoms with Crippen LogP contribution in [-0.2, 0) is 8.92 Å². The first-order valence-electron chi connectivity index (χ1n) is 1.22. The predicted octanol–water partition coefficient (Wildman–Crippen LogP) is -7.34. The van der Waals surface area contributed by atoms with Crippen LogP contribution in [0, 0.1) is 0 Å². The second-order valence-corrected chi connectivity index (χ2v) is 1.50. The van der Waals surface area contributed by atoms with Gasteiger partial charge in [0, 0.05) is 18.3 Å². The van der Waals surface area contributed by atoms with Crippen molar-refractivity contribution in [2.24, 2.45) is 0 Å². The number of rotatable bonds is 0. The zero-order chi connectivity index (χ0) is 7.15. The van der Waals surface area contributed by atoms with E-state index in [0.29, 0.717) is 0 Å². The maximum absolute atomic E-state index is 8.52. The fraction of sp³-hybridized carbons (Fsp3) is 0. The first-order valence-corrected chi connectivity index (χ1v) is 3.67. The van der Waals surface area contributed by atoms with Crippen LogP contribution < -0.4 is 19.2 Å². The SMILES string of the molecule is O.O=[Si]([O-])[O-].O=[Si]([O-])[O-].[Ca+2].[Ca+2]. The molecule has 0 heterocycles. The molecule has 11 heavy (non-hydrogen) atoms. The summed E-state index contributed by atoms with van der Waals surface area (Å²) in [5.74, 6) is 0. The van der Waals surface area contributed by atoms with E-state index in [-0.39, 0.29) is 81.0 Å². The molecule has 0 saturated carbocycles. The van der Waals surface area contributed by atoms with E-state index in [1.807, 2.05) is 0 Å². The molecule has 0 amide bonds. The summed E-state index contributed by atoms with van der Waals surface area (Å²) in [5, 5.41) is 0. The minimum absolute atomic E-state index is 0. The van der Waals surface area contributed by atoms with Crippen LogP contribution in [0.5, 0.6) is 0 Å². The summed E-state index contributed by atoms with van der Waals surface area (Å²) in [7, 11) is -7.26. The quantitative estimate of drug-likeness (QED) is 0.388. The molecular formula is H2Ca2O7Si2. The largest absolute Gasteiger partial charge is 2.00 e. The molecule has 0 unspecified atom stereocenters. The van der Waals surface area contributed by atoms with Crippen LogP contribution in [0.3, 0.4) is 0 Å². The first-order chi connectivity index (χ1) is 3.46. The van der Waals surface area contributed by atoms with Crippen molar-refractivity contribution in [3.05, 3.63) is 0 Å². The van der Waals surface area contributed by atoms with Gasteiger partial charge in [-0.1, -0.05) is 0 Å². The molecule has 0 bridgehead atoms. The Kier molecular flexibility index (Phi) is 60.2. The van der Waals surface area contributed by atoms with Gasteiger partial charge in [0.1, 0.15) is 0 Å². The number of hydrogen-bond acceptors (Lipinski definition) is 6. The summed E-state index contributed by atoms with van der Waals surface area (Å²) >= 11 is 0. The van der Waals surface area contributed by atoms with Crippen LogP contribution in [0.4, 0.5) is 0 Å². The molecule has 0 aromatic heterocycles. The van der Waals surface area contributed by atoms with Crippen LogP contribution in [0.25, 0.3) is 0 Å². The Morgan fingerprint density at radius 2 is 0.727 bits per heavy atom. The van der Waals surface area contributed by atoms with E-state index in [1.165, 1.54) is 0 Å². The van der Waals surface area contributed by atoms with Crippen molar-refractivity contribution in [3.63, 3.8) is 0 Å². The minimum Gasteiger partial charge on any atom is -0.672 e. The van der Waals surface area contributed by atoms with Gasteiger partial charge in [0.25, 0.3) is 0 Å². The van der Waals surface area contributed by atoms with Crippen molar-refractivity contribution in [1.29, 1.82) is 0 Å². The molecule has 7 nitrogen and oxygen atoms in total. The van der Waals surface area contributed by atoms with Gasteiger partial charge in [0.2, 0.25) is 0 Å². The Hall–Kier alpha value is 1.71. The molecule has 0 saturated heterocycles. The van der Waals surface area contributed by atoms with E-state index < -0.39 is 18.3 Å². The van der Waals surface area contributed by atoms with E-state index in [0.717, 1.165) is 0 Å². The van der Waals surface area contributed by atoms with Crippen molar-refractivity contribution >= 4 is 93.8 Å². The zero-order valence-electron chi connectivity index (χ0n) is 5.36. The van der Waals surface area contributed by atoms with Crippen LogP contribution in [0.15, 0.2) is 0 Å². The molecule has 0 spiro atoms. The van der Waals surface area contributed by atoms with Crippen molar-refractivity contribution < 1.29 is 33.6 Å². The van der Waals surface area contributed by atoms with E-state index in [1.54, 1.807) is 0 Å². The van der Waals surface area contributed by atoms with E-state index in [2.05, 4.69) is 0 Å². The van der Waals surface area contributed by atoms with Gasteiger partial charge in [-0.3, -0.25) is 0 Å². The molecular weight excluding hydrogens is 248 g/mol. The monoisotopic (exact) mass is 250 g/mol. The third-order valence-corrected chi connectivity index (χ3v) is 0. The smallest absolute Gasteiger partial charge is 0.672 e. The summed E-state index contributed by atoms with van der Waals surface area (Å²) in [6, 6.07) is 0. The Bertz CT molecular complexity index is 72.4. The van der Waals surface area contributed by atoms with E-state index in [4.69, 9.17) is 28.1 Å². The van der Waals surface area contributed by atoms with E-state index in [9.17, 15) is 0 Å². The fourth-order valence-corrected chi connectivity index (χ4v) is 0. The molecule has 0 radical (unpaired) electrons. The summed E-state index contributed by atoms with van der Waals surface area (Å²) in [4.78, 5) is 34.1. The molecule has 0 aromatic carbocycles. The standard InChI is InChI=1S/2Ca.2O3Si.H2O/c;;2*1-4(2)3;/h;;;;1H2/q2*+2;2*-2;. The van der Waals surface area contributed by atoms with Gasteiger partial charge < -0.3 is 33.6 Å². The number of hydrogen-bond donors (Lipinski definition) is 0. The van der Waals surface area contributed by atoms with Crippen LogP contribution >= 0.6 is 0 Å². The average Bonchev–Trinajstić information content (AvgIpc) is 1.25. The molecule has 56 valence electrons. The first kappa shape index (κ1) is 29.3. The second-order valence-electron chi connectivity index (χ2n) is 0.500. The molecule has 0 fully saturated rings. The minimum atomic E-state index is -3.63. The summed E-state index contributed by atoms with van der Waals surface area (Å²) in [6.45, 7) is 0. The van der Waals surface area contributed by atoms with Crippen LogP contribution in [-0.4, -0.2) is 99.3 Å². The predicted molar refractivity (Wildman–Crippen MR) is 28.0 cm³/mol. The van der Waals surface area contributed by atoms with Crippen LogP contribution in [0.2, 0.25) is 0 Å². The zero-order valence-corrected chi connectivity index (χ0v) is 11.8. The third kappa shape index (κ3) is 377.